The topological polar surface area (TPSA) is 49.6 Å². The van der Waals surface area contributed by atoms with E-state index in [0.717, 1.165) is 32.5 Å². The van der Waals surface area contributed by atoms with Crippen molar-refractivity contribution >= 4 is 12.0 Å². The Kier molecular flexibility index (Phi) is 5.43. The first kappa shape index (κ1) is 16.5. The van der Waals surface area contributed by atoms with Crippen LogP contribution in [0.3, 0.4) is 0 Å². The Hall–Kier alpha value is -2.40. The summed E-state index contributed by atoms with van der Waals surface area (Å²) in [6.45, 7) is 2.96. The molecule has 1 amide bonds. The molecule has 2 aromatic heterocycles. The molecule has 5 nitrogen and oxygen atoms in total. The van der Waals surface area contributed by atoms with Crippen LogP contribution in [-0.2, 0) is 11.3 Å². The second-order valence-electron chi connectivity index (χ2n) is 6.16. The van der Waals surface area contributed by atoms with Gasteiger partial charge in [0.25, 0.3) is 0 Å². The predicted molar refractivity (Wildman–Crippen MR) is 93.0 cm³/mol. The quantitative estimate of drug-likeness (QED) is 0.793. The molecule has 0 aliphatic carbocycles. The van der Waals surface area contributed by atoms with Crippen LogP contribution in [0.1, 0.15) is 24.2 Å². The highest BCUT2D eigenvalue weighted by molar-refractivity contribution is 5.91. The van der Waals surface area contributed by atoms with Crippen LogP contribution >= 0.6 is 0 Å². The molecule has 0 unspecified atom stereocenters. The van der Waals surface area contributed by atoms with E-state index in [2.05, 4.69) is 22.0 Å². The summed E-state index contributed by atoms with van der Waals surface area (Å²) in [6.07, 6.45) is 10.6. The van der Waals surface area contributed by atoms with Gasteiger partial charge in [0.2, 0.25) is 5.91 Å². The van der Waals surface area contributed by atoms with Crippen molar-refractivity contribution < 1.29 is 9.21 Å². The van der Waals surface area contributed by atoms with Crippen molar-refractivity contribution in [2.75, 3.05) is 20.1 Å². The molecule has 3 rings (SSSR count). The molecule has 0 radical (unpaired) electrons. The van der Waals surface area contributed by atoms with Crippen molar-refractivity contribution in [1.82, 2.24) is 14.8 Å². The maximum atomic E-state index is 12.3. The van der Waals surface area contributed by atoms with Crippen LogP contribution in [0.4, 0.5) is 0 Å². The SMILES string of the molecule is CN(C(=O)C=Cc1ccco1)C1CCN(Cc2ccncc2)CC1. The summed E-state index contributed by atoms with van der Waals surface area (Å²) in [5.41, 5.74) is 1.29. The molecule has 1 fully saturated rings. The van der Waals surface area contributed by atoms with Crippen LogP contribution in [0, 0.1) is 0 Å². The first-order valence-corrected chi connectivity index (χ1v) is 8.32. The molecular formula is C19H23N3O2. The molecule has 0 bridgehead atoms. The van der Waals surface area contributed by atoms with Gasteiger partial charge < -0.3 is 9.32 Å². The highest BCUT2D eigenvalue weighted by Gasteiger charge is 2.24. The van der Waals surface area contributed by atoms with Gasteiger partial charge in [0.1, 0.15) is 5.76 Å². The van der Waals surface area contributed by atoms with Gasteiger partial charge in [-0.1, -0.05) is 0 Å². The summed E-state index contributed by atoms with van der Waals surface area (Å²) in [7, 11) is 1.89. The fourth-order valence-electron chi connectivity index (χ4n) is 3.05. The first-order valence-electron chi connectivity index (χ1n) is 8.32. The lowest BCUT2D eigenvalue weighted by Crippen LogP contribution is -2.44. The summed E-state index contributed by atoms with van der Waals surface area (Å²) < 4.78 is 5.21. The van der Waals surface area contributed by atoms with Gasteiger partial charge >= 0.3 is 0 Å². The third-order valence-corrected chi connectivity index (χ3v) is 4.54. The van der Waals surface area contributed by atoms with E-state index in [0.29, 0.717) is 11.8 Å². The van der Waals surface area contributed by atoms with E-state index >= 15 is 0 Å². The van der Waals surface area contributed by atoms with Gasteiger partial charge in [0.05, 0.1) is 6.26 Å². The molecular weight excluding hydrogens is 302 g/mol. The molecule has 1 aliphatic heterocycles. The van der Waals surface area contributed by atoms with E-state index in [1.54, 1.807) is 18.4 Å². The zero-order chi connectivity index (χ0) is 16.8. The molecule has 0 N–H and O–H groups in total. The third kappa shape index (κ3) is 4.32. The minimum atomic E-state index is 0.0268. The molecule has 0 saturated carbocycles. The lowest BCUT2D eigenvalue weighted by atomic mass is 10.0. The van der Waals surface area contributed by atoms with Crippen molar-refractivity contribution in [2.24, 2.45) is 0 Å². The van der Waals surface area contributed by atoms with Crippen molar-refractivity contribution in [3.8, 4) is 0 Å². The van der Waals surface area contributed by atoms with Crippen LogP contribution in [0.5, 0.6) is 0 Å². The van der Waals surface area contributed by atoms with E-state index in [-0.39, 0.29) is 5.91 Å². The minimum absolute atomic E-state index is 0.0268. The van der Waals surface area contributed by atoms with Crippen molar-refractivity contribution in [2.45, 2.75) is 25.4 Å². The number of carbonyl (C=O) groups is 1. The average Bonchev–Trinajstić information content (AvgIpc) is 3.14. The van der Waals surface area contributed by atoms with Crippen molar-refractivity contribution in [3.63, 3.8) is 0 Å². The molecule has 126 valence electrons. The van der Waals surface area contributed by atoms with Crippen LogP contribution < -0.4 is 0 Å². The number of rotatable bonds is 5. The number of amides is 1. The summed E-state index contributed by atoms with van der Waals surface area (Å²) in [5, 5.41) is 0. The van der Waals surface area contributed by atoms with Gasteiger partial charge in [0.15, 0.2) is 0 Å². The summed E-state index contributed by atoms with van der Waals surface area (Å²) in [4.78, 5) is 20.6. The smallest absolute Gasteiger partial charge is 0.246 e. The highest BCUT2D eigenvalue weighted by Crippen LogP contribution is 2.18. The lowest BCUT2D eigenvalue weighted by Gasteiger charge is -2.36. The van der Waals surface area contributed by atoms with E-state index in [4.69, 9.17) is 4.42 Å². The number of nitrogens with zero attached hydrogens (tertiary/aromatic N) is 3. The van der Waals surface area contributed by atoms with Crippen LogP contribution in [0.2, 0.25) is 0 Å². The normalized spacial score (nSPS) is 16.5. The van der Waals surface area contributed by atoms with E-state index in [1.807, 2.05) is 36.5 Å². The molecule has 0 aromatic carbocycles. The van der Waals surface area contributed by atoms with Gasteiger partial charge in [-0.05, 0) is 48.7 Å². The largest absolute Gasteiger partial charge is 0.465 e. The van der Waals surface area contributed by atoms with Gasteiger partial charge in [-0.2, -0.15) is 0 Å². The van der Waals surface area contributed by atoms with Crippen LogP contribution in [-0.4, -0.2) is 46.9 Å². The first-order chi connectivity index (χ1) is 11.7. The summed E-state index contributed by atoms with van der Waals surface area (Å²) >= 11 is 0. The van der Waals surface area contributed by atoms with Crippen LogP contribution in [0.15, 0.2) is 53.4 Å². The fraction of sp³-hybridized carbons (Fsp3) is 0.368. The second kappa shape index (κ2) is 7.93. The minimum Gasteiger partial charge on any atom is -0.465 e. The number of carbonyl (C=O) groups excluding carboxylic acids is 1. The fourth-order valence-corrected chi connectivity index (χ4v) is 3.05. The zero-order valence-corrected chi connectivity index (χ0v) is 14.0. The van der Waals surface area contributed by atoms with Crippen molar-refractivity contribution in [3.05, 3.63) is 60.3 Å². The van der Waals surface area contributed by atoms with Gasteiger partial charge in [-0.25, -0.2) is 0 Å². The monoisotopic (exact) mass is 325 g/mol. The molecule has 3 heterocycles. The summed E-state index contributed by atoms with van der Waals surface area (Å²) in [6, 6.07) is 8.06. The Morgan fingerprint density at radius 3 is 2.75 bits per heavy atom. The third-order valence-electron chi connectivity index (χ3n) is 4.54. The second-order valence-corrected chi connectivity index (χ2v) is 6.16. The number of furan rings is 1. The number of piperidine rings is 1. The van der Waals surface area contributed by atoms with Crippen LogP contribution in [0.25, 0.3) is 6.08 Å². The van der Waals surface area contributed by atoms with Gasteiger partial charge in [-0.3, -0.25) is 14.7 Å². The van der Waals surface area contributed by atoms with E-state index < -0.39 is 0 Å². The molecule has 2 aromatic rings. The number of aromatic nitrogens is 1. The zero-order valence-electron chi connectivity index (χ0n) is 14.0. The molecule has 5 heteroatoms. The molecule has 0 atom stereocenters. The van der Waals surface area contributed by atoms with E-state index in [1.165, 1.54) is 5.56 Å². The average molecular weight is 325 g/mol. The lowest BCUT2D eigenvalue weighted by molar-refractivity contribution is -0.127. The number of hydrogen-bond donors (Lipinski definition) is 0. The molecule has 24 heavy (non-hydrogen) atoms. The highest BCUT2D eigenvalue weighted by atomic mass is 16.3. The van der Waals surface area contributed by atoms with Crippen molar-refractivity contribution in [1.29, 1.82) is 0 Å². The number of hydrogen-bond acceptors (Lipinski definition) is 4. The maximum Gasteiger partial charge on any atom is 0.246 e. The number of likely N-dealkylation sites (N-methyl/N-ethyl adjacent to an activating group) is 1. The molecule has 1 saturated heterocycles. The Morgan fingerprint density at radius 1 is 1.33 bits per heavy atom. The molecule has 1 aliphatic rings. The maximum absolute atomic E-state index is 12.3. The Bertz CT molecular complexity index is 659. The predicted octanol–water partition coefficient (Wildman–Crippen LogP) is 2.81. The summed E-state index contributed by atoms with van der Waals surface area (Å²) in [5.74, 6) is 0.725. The number of pyridine rings is 1. The Labute approximate surface area is 142 Å². The standard InChI is InChI=1S/C19H23N3O2/c1-21(19(23)5-4-18-3-2-14-24-18)17-8-12-22(13-9-17)15-16-6-10-20-11-7-16/h2-7,10-11,14,17H,8-9,12-13,15H2,1H3. The van der Waals surface area contributed by atoms with E-state index in [9.17, 15) is 4.79 Å². The molecule has 0 spiro atoms. The Balaban J connectivity index is 1.48. The Morgan fingerprint density at radius 2 is 2.08 bits per heavy atom. The van der Waals surface area contributed by atoms with Gasteiger partial charge in [-0.15, -0.1) is 0 Å². The van der Waals surface area contributed by atoms with Gasteiger partial charge in [0, 0.05) is 51.2 Å². The number of likely N-dealkylation sites (tertiary alicyclic amines) is 1.